The quantitative estimate of drug-likeness (QED) is 0.550. The standard InChI is InChI=1S/C31H38ClN3O3/c1-30(2,3)19-27(36)34-15-12-31(13-16-34)14-17-35(20-31)29(38)22-9-8-21-10-11-26(24(21)18-22)33-28(37)23-6-4-5-7-25(23)32/h4-9,18,26H,10-17,19-20H2,1-3H3,(H,33,37). The van der Waals surface area contributed by atoms with E-state index in [0.717, 1.165) is 63.8 Å². The molecular formula is C31H38ClN3O3. The molecule has 3 aliphatic rings. The third-order valence-corrected chi connectivity index (χ3v) is 8.81. The zero-order valence-electron chi connectivity index (χ0n) is 22.7. The van der Waals surface area contributed by atoms with Crippen LogP contribution in [0, 0.1) is 10.8 Å². The first-order chi connectivity index (χ1) is 18.0. The molecule has 5 rings (SSSR count). The van der Waals surface area contributed by atoms with Crippen LogP contribution >= 0.6 is 11.6 Å². The molecule has 0 saturated carbocycles. The Bertz CT molecular complexity index is 1240. The van der Waals surface area contributed by atoms with E-state index in [1.165, 1.54) is 5.56 Å². The lowest BCUT2D eigenvalue weighted by atomic mass is 9.77. The maximum atomic E-state index is 13.6. The van der Waals surface area contributed by atoms with E-state index in [2.05, 4.69) is 26.1 Å². The number of piperidine rings is 1. The van der Waals surface area contributed by atoms with E-state index < -0.39 is 0 Å². The molecule has 1 aliphatic carbocycles. The van der Waals surface area contributed by atoms with Crippen LogP contribution in [0.1, 0.15) is 90.8 Å². The summed E-state index contributed by atoms with van der Waals surface area (Å²) in [5.41, 5.74) is 3.44. The predicted molar refractivity (Wildman–Crippen MR) is 149 cm³/mol. The van der Waals surface area contributed by atoms with Gasteiger partial charge in [-0.1, -0.05) is 50.6 Å². The van der Waals surface area contributed by atoms with Gasteiger partial charge in [0.25, 0.3) is 11.8 Å². The molecule has 2 aromatic carbocycles. The van der Waals surface area contributed by atoms with Crippen molar-refractivity contribution in [2.45, 2.75) is 65.3 Å². The van der Waals surface area contributed by atoms with Gasteiger partial charge in [-0.25, -0.2) is 0 Å². The SMILES string of the molecule is CC(C)(C)CC(=O)N1CCC2(CC1)CCN(C(=O)c1ccc3c(c1)C(NC(=O)c1ccccc1Cl)CC3)C2. The number of fused-ring (bicyclic) bond motifs is 1. The van der Waals surface area contributed by atoms with E-state index in [-0.39, 0.29) is 34.6 Å². The van der Waals surface area contributed by atoms with Crippen molar-refractivity contribution in [3.8, 4) is 0 Å². The van der Waals surface area contributed by atoms with Gasteiger partial charge >= 0.3 is 0 Å². The van der Waals surface area contributed by atoms with Crippen molar-refractivity contribution >= 4 is 29.3 Å². The van der Waals surface area contributed by atoms with Gasteiger partial charge in [-0.15, -0.1) is 0 Å². The van der Waals surface area contributed by atoms with Crippen LogP contribution in [0.15, 0.2) is 42.5 Å². The van der Waals surface area contributed by atoms with Gasteiger partial charge in [0, 0.05) is 38.2 Å². The summed E-state index contributed by atoms with van der Waals surface area (Å²) in [5, 5.41) is 3.55. The lowest BCUT2D eigenvalue weighted by Crippen LogP contribution is -2.45. The number of benzene rings is 2. The van der Waals surface area contributed by atoms with Gasteiger partial charge in [0.05, 0.1) is 16.6 Å². The highest BCUT2D eigenvalue weighted by molar-refractivity contribution is 6.33. The maximum Gasteiger partial charge on any atom is 0.253 e. The molecule has 0 radical (unpaired) electrons. The lowest BCUT2D eigenvalue weighted by Gasteiger charge is -2.40. The highest BCUT2D eigenvalue weighted by Crippen LogP contribution is 2.41. The summed E-state index contributed by atoms with van der Waals surface area (Å²) in [6.07, 6.45) is 5.14. The number of aryl methyl sites for hydroxylation is 1. The predicted octanol–water partition coefficient (Wildman–Crippen LogP) is 5.65. The van der Waals surface area contributed by atoms with Crippen molar-refractivity contribution in [3.63, 3.8) is 0 Å². The van der Waals surface area contributed by atoms with Gasteiger partial charge in [0.1, 0.15) is 0 Å². The fraction of sp³-hybridized carbons (Fsp3) is 0.516. The van der Waals surface area contributed by atoms with Gasteiger partial charge in [-0.05, 0) is 78.3 Å². The molecule has 1 atom stereocenters. The van der Waals surface area contributed by atoms with Gasteiger partial charge in [-0.3, -0.25) is 14.4 Å². The Labute approximate surface area is 230 Å². The molecule has 2 aromatic rings. The first kappa shape index (κ1) is 26.7. The monoisotopic (exact) mass is 535 g/mol. The lowest BCUT2D eigenvalue weighted by molar-refractivity contribution is -0.135. The minimum Gasteiger partial charge on any atom is -0.345 e. The van der Waals surface area contributed by atoms with Crippen LogP contribution in [0.25, 0.3) is 0 Å². The van der Waals surface area contributed by atoms with E-state index in [0.29, 0.717) is 22.6 Å². The summed E-state index contributed by atoms with van der Waals surface area (Å²) in [4.78, 5) is 43.1. The molecule has 1 unspecified atom stereocenters. The first-order valence-corrected chi connectivity index (χ1v) is 14.2. The molecule has 3 amide bonds. The summed E-state index contributed by atoms with van der Waals surface area (Å²) >= 11 is 6.22. The number of amides is 3. The van der Waals surface area contributed by atoms with E-state index in [4.69, 9.17) is 11.6 Å². The van der Waals surface area contributed by atoms with E-state index >= 15 is 0 Å². The second-order valence-electron chi connectivity index (χ2n) is 12.6. The van der Waals surface area contributed by atoms with Gasteiger partial charge in [0.2, 0.25) is 5.91 Å². The summed E-state index contributed by atoms with van der Waals surface area (Å²) in [6.45, 7) is 9.36. The fourth-order valence-electron chi connectivity index (χ4n) is 6.26. The summed E-state index contributed by atoms with van der Waals surface area (Å²) in [6, 6.07) is 12.8. The fourth-order valence-corrected chi connectivity index (χ4v) is 6.48. The summed E-state index contributed by atoms with van der Waals surface area (Å²) in [7, 11) is 0. The molecular weight excluding hydrogens is 498 g/mol. The number of nitrogens with zero attached hydrogens (tertiary/aromatic N) is 2. The van der Waals surface area contributed by atoms with E-state index in [9.17, 15) is 14.4 Å². The zero-order valence-corrected chi connectivity index (χ0v) is 23.4. The smallest absolute Gasteiger partial charge is 0.253 e. The number of hydrogen-bond donors (Lipinski definition) is 1. The van der Waals surface area contributed by atoms with Gasteiger partial charge in [-0.2, -0.15) is 0 Å². The van der Waals surface area contributed by atoms with E-state index in [1.807, 2.05) is 28.0 Å². The number of carbonyl (C=O) groups is 3. The maximum absolute atomic E-state index is 13.6. The molecule has 0 bridgehead atoms. The van der Waals surface area contributed by atoms with Crippen molar-refractivity contribution in [2.24, 2.45) is 10.8 Å². The molecule has 2 aliphatic heterocycles. The Morgan fingerprint density at radius 2 is 1.68 bits per heavy atom. The van der Waals surface area contributed by atoms with Crippen molar-refractivity contribution in [1.82, 2.24) is 15.1 Å². The van der Waals surface area contributed by atoms with Gasteiger partial charge in [0.15, 0.2) is 0 Å². The van der Waals surface area contributed by atoms with Crippen LogP contribution in [-0.2, 0) is 11.2 Å². The van der Waals surface area contributed by atoms with Crippen LogP contribution < -0.4 is 5.32 Å². The Morgan fingerprint density at radius 3 is 2.37 bits per heavy atom. The molecule has 1 N–H and O–H groups in total. The molecule has 38 heavy (non-hydrogen) atoms. The highest BCUT2D eigenvalue weighted by Gasteiger charge is 2.43. The minimum atomic E-state index is -0.195. The largest absolute Gasteiger partial charge is 0.345 e. The topological polar surface area (TPSA) is 69.7 Å². The van der Waals surface area contributed by atoms with Crippen LogP contribution in [0.3, 0.4) is 0 Å². The normalized spacial score (nSPS) is 20.5. The average Bonchev–Trinajstić information content (AvgIpc) is 3.47. The van der Waals surface area contributed by atoms with Crippen molar-refractivity contribution in [3.05, 3.63) is 69.7 Å². The molecule has 0 aromatic heterocycles. The van der Waals surface area contributed by atoms with Crippen LogP contribution in [0.5, 0.6) is 0 Å². The molecule has 7 heteroatoms. The second kappa shape index (κ2) is 10.4. The van der Waals surface area contributed by atoms with Crippen molar-refractivity contribution < 1.29 is 14.4 Å². The highest BCUT2D eigenvalue weighted by atomic mass is 35.5. The van der Waals surface area contributed by atoms with Crippen LogP contribution in [0.4, 0.5) is 0 Å². The van der Waals surface area contributed by atoms with E-state index in [1.54, 1.807) is 24.3 Å². The zero-order chi connectivity index (χ0) is 27.1. The Morgan fingerprint density at radius 1 is 1.00 bits per heavy atom. The summed E-state index contributed by atoms with van der Waals surface area (Å²) < 4.78 is 0. The molecule has 1 spiro atoms. The number of nitrogens with one attached hydrogen (secondary N) is 1. The van der Waals surface area contributed by atoms with Crippen molar-refractivity contribution in [1.29, 1.82) is 0 Å². The van der Waals surface area contributed by atoms with Crippen LogP contribution in [-0.4, -0.2) is 53.7 Å². The van der Waals surface area contributed by atoms with Crippen LogP contribution in [0.2, 0.25) is 5.02 Å². The number of rotatable bonds is 4. The Hall–Kier alpha value is -2.86. The third kappa shape index (κ3) is 5.61. The Balaban J connectivity index is 1.22. The third-order valence-electron chi connectivity index (χ3n) is 8.48. The minimum absolute atomic E-state index is 0.00490. The summed E-state index contributed by atoms with van der Waals surface area (Å²) in [5.74, 6) is 0.102. The number of hydrogen-bond acceptors (Lipinski definition) is 3. The first-order valence-electron chi connectivity index (χ1n) is 13.8. The Kier molecular flexibility index (Phi) is 7.29. The number of carbonyl (C=O) groups excluding carboxylic acids is 3. The molecule has 2 saturated heterocycles. The van der Waals surface area contributed by atoms with Crippen molar-refractivity contribution in [2.75, 3.05) is 26.2 Å². The molecule has 2 heterocycles. The number of halogens is 1. The molecule has 202 valence electrons. The van der Waals surface area contributed by atoms with Gasteiger partial charge < -0.3 is 15.1 Å². The molecule has 2 fully saturated rings. The second-order valence-corrected chi connectivity index (χ2v) is 13.0. The number of likely N-dealkylation sites (tertiary alicyclic amines) is 2. The average molecular weight is 536 g/mol. The molecule has 6 nitrogen and oxygen atoms in total.